The Morgan fingerprint density at radius 2 is 2.27 bits per heavy atom. The van der Waals surface area contributed by atoms with Crippen molar-refractivity contribution in [1.82, 2.24) is 0 Å². The Hall–Kier alpha value is -1.06. The number of ether oxygens (including phenoxy) is 1. The molecule has 3 heteroatoms. The van der Waals surface area contributed by atoms with Crippen LogP contribution in [0.1, 0.15) is 18.9 Å². The molecule has 1 atom stereocenters. The first kappa shape index (κ1) is 12.0. The second-order valence-electron chi connectivity index (χ2n) is 3.51. The van der Waals surface area contributed by atoms with E-state index < -0.39 is 6.10 Å². The van der Waals surface area contributed by atoms with Crippen LogP contribution in [0.2, 0.25) is 0 Å². The van der Waals surface area contributed by atoms with Crippen LogP contribution in [-0.2, 0) is 6.42 Å². The number of nitrogens with two attached hydrogens (primary N) is 1. The molecule has 1 aromatic carbocycles. The van der Waals surface area contributed by atoms with Gasteiger partial charge in [-0.15, -0.1) is 0 Å². The number of aliphatic hydroxyl groups is 1. The SMILES string of the molecule is CCOc1cccc(CCC(O)CN)c1. The van der Waals surface area contributed by atoms with Gasteiger partial charge >= 0.3 is 0 Å². The molecule has 0 bridgehead atoms. The summed E-state index contributed by atoms with van der Waals surface area (Å²) in [4.78, 5) is 0. The molecule has 84 valence electrons. The van der Waals surface area contributed by atoms with Crippen molar-refractivity contribution in [2.75, 3.05) is 13.2 Å². The van der Waals surface area contributed by atoms with Crippen molar-refractivity contribution >= 4 is 0 Å². The molecule has 1 rings (SSSR count). The topological polar surface area (TPSA) is 55.5 Å². The molecule has 3 N–H and O–H groups in total. The van der Waals surface area contributed by atoms with Gasteiger partial charge in [-0.3, -0.25) is 0 Å². The molecule has 0 radical (unpaired) electrons. The Bertz CT molecular complexity index is 289. The average molecular weight is 209 g/mol. The van der Waals surface area contributed by atoms with Gasteiger partial charge in [-0.1, -0.05) is 12.1 Å². The third-order valence-electron chi connectivity index (χ3n) is 2.25. The lowest BCUT2D eigenvalue weighted by Crippen LogP contribution is -2.20. The highest BCUT2D eigenvalue weighted by Gasteiger charge is 2.02. The van der Waals surface area contributed by atoms with E-state index in [-0.39, 0.29) is 0 Å². The summed E-state index contributed by atoms with van der Waals surface area (Å²) >= 11 is 0. The van der Waals surface area contributed by atoms with E-state index in [2.05, 4.69) is 0 Å². The maximum absolute atomic E-state index is 9.34. The van der Waals surface area contributed by atoms with Crippen molar-refractivity contribution in [3.8, 4) is 5.75 Å². The smallest absolute Gasteiger partial charge is 0.119 e. The molecular weight excluding hydrogens is 190 g/mol. The molecule has 0 saturated carbocycles. The zero-order valence-corrected chi connectivity index (χ0v) is 9.15. The highest BCUT2D eigenvalue weighted by Crippen LogP contribution is 2.14. The quantitative estimate of drug-likeness (QED) is 0.743. The lowest BCUT2D eigenvalue weighted by atomic mass is 10.1. The first-order valence-electron chi connectivity index (χ1n) is 5.36. The van der Waals surface area contributed by atoms with Gasteiger partial charge in [0.1, 0.15) is 5.75 Å². The van der Waals surface area contributed by atoms with Gasteiger partial charge in [0.25, 0.3) is 0 Å². The Kier molecular flexibility index (Phi) is 5.15. The second kappa shape index (κ2) is 6.43. The number of aliphatic hydroxyl groups excluding tert-OH is 1. The molecule has 0 heterocycles. The molecule has 0 saturated heterocycles. The summed E-state index contributed by atoms with van der Waals surface area (Å²) in [5.41, 5.74) is 6.51. The number of aryl methyl sites for hydroxylation is 1. The molecule has 0 amide bonds. The highest BCUT2D eigenvalue weighted by atomic mass is 16.5. The summed E-state index contributed by atoms with van der Waals surface area (Å²) in [5.74, 6) is 0.886. The summed E-state index contributed by atoms with van der Waals surface area (Å²) in [5, 5.41) is 9.34. The van der Waals surface area contributed by atoms with Crippen molar-refractivity contribution in [2.24, 2.45) is 5.73 Å². The normalized spacial score (nSPS) is 12.5. The second-order valence-corrected chi connectivity index (χ2v) is 3.51. The van der Waals surface area contributed by atoms with E-state index in [0.717, 1.165) is 12.2 Å². The monoisotopic (exact) mass is 209 g/mol. The summed E-state index contributed by atoms with van der Waals surface area (Å²) in [7, 11) is 0. The minimum absolute atomic E-state index is 0.325. The molecule has 3 nitrogen and oxygen atoms in total. The van der Waals surface area contributed by atoms with Crippen LogP contribution in [0, 0.1) is 0 Å². The maximum Gasteiger partial charge on any atom is 0.119 e. The van der Waals surface area contributed by atoms with Crippen LogP contribution < -0.4 is 10.5 Å². The van der Waals surface area contributed by atoms with E-state index >= 15 is 0 Å². The van der Waals surface area contributed by atoms with Crippen LogP contribution in [0.3, 0.4) is 0 Å². The van der Waals surface area contributed by atoms with Gasteiger partial charge in [0.2, 0.25) is 0 Å². The van der Waals surface area contributed by atoms with Crippen molar-refractivity contribution in [1.29, 1.82) is 0 Å². The van der Waals surface area contributed by atoms with Crippen LogP contribution in [0.25, 0.3) is 0 Å². The zero-order valence-electron chi connectivity index (χ0n) is 9.15. The summed E-state index contributed by atoms with van der Waals surface area (Å²) in [6, 6.07) is 7.94. The van der Waals surface area contributed by atoms with Crippen molar-refractivity contribution < 1.29 is 9.84 Å². The molecule has 0 fully saturated rings. The van der Waals surface area contributed by atoms with Crippen molar-refractivity contribution in [3.63, 3.8) is 0 Å². The minimum Gasteiger partial charge on any atom is -0.494 e. The lowest BCUT2D eigenvalue weighted by Gasteiger charge is -2.08. The van der Waals surface area contributed by atoms with Crippen LogP contribution in [0.15, 0.2) is 24.3 Å². The van der Waals surface area contributed by atoms with Gasteiger partial charge in [-0.2, -0.15) is 0 Å². The fourth-order valence-electron chi connectivity index (χ4n) is 1.41. The predicted molar refractivity (Wildman–Crippen MR) is 61.0 cm³/mol. The Labute approximate surface area is 90.9 Å². The Morgan fingerprint density at radius 3 is 2.93 bits per heavy atom. The predicted octanol–water partition coefficient (Wildman–Crippen LogP) is 1.34. The van der Waals surface area contributed by atoms with E-state index in [0.29, 0.717) is 19.6 Å². The number of benzene rings is 1. The molecule has 1 unspecified atom stereocenters. The number of hydrogen-bond acceptors (Lipinski definition) is 3. The summed E-state index contributed by atoms with van der Waals surface area (Å²) in [6.07, 6.45) is 1.13. The molecule has 0 aromatic heterocycles. The first-order valence-corrected chi connectivity index (χ1v) is 5.36. The minimum atomic E-state index is -0.402. The summed E-state index contributed by atoms with van der Waals surface area (Å²) < 4.78 is 5.39. The number of rotatable bonds is 6. The van der Waals surface area contributed by atoms with Crippen LogP contribution in [-0.4, -0.2) is 24.4 Å². The Balaban J connectivity index is 2.50. The van der Waals surface area contributed by atoms with Crippen LogP contribution in [0.5, 0.6) is 5.75 Å². The van der Waals surface area contributed by atoms with E-state index in [1.54, 1.807) is 0 Å². The van der Waals surface area contributed by atoms with Gasteiger partial charge < -0.3 is 15.6 Å². The van der Waals surface area contributed by atoms with Gasteiger partial charge in [0, 0.05) is 6.54 Å². The summed E-state index contributed by atoms with van der Waals surface area (Å²) in [6.45, 7) is 2.96. The van der Waals surface area contributed by atoms with Gasteiger partial charge in [0.15, 0.2) is 0 Å². The lowest BCUT2D eigenvalue weighted by molar-refractivity contribution is 0.173. The fourth-order valence-corrected chi connectivity index (χ4v) is 1.41. The van der Waals surface area contributed by atoms with Gasteiger partial charge in [-0.05, 0) is 37.5 Å². The third-order valence-corrected chi connectivity index (χ3v) is 2.25. The maximum atomic E-state index is 9.34. The van der Waals surface area contributed by atoms with Crippen LogP contribution >= 0.6 is 0 Å². The van der Waals surface area contributed by atoms with E-state index in [4.69, 9.17) is 10.5 Å². The largest absolute Gasteiger partial charge is 0.494 e. The van der Waals surface area contributed by atoms with Crippen molar-refractivity contribution in [3.05, 3.63) is 29.8 Å². The zero-order chi connectivity index (χ0) is 11.1. The van der Waals surface area contributed by atoms with Gasteiger partial charge in [0.05, 0.1) is 12.7 Å². The van der Waals surface area contributed by atoms with Crippen LogP contribution in [0.4, 0.5) is 0 Å². The molecule has 0 aliphatic rings. The first-order chi connectivity index (χ1) is 7.26. The molecule has 1 aromatic rings. The van der Waals surface area contributed by atoms with E-state index in [9.17, 15) is 5.11 Å². The van der Waals surface area contributed by atoms with E-state index in [1.165, 1.54) is 5.56 Å². The molecular formula is C12H19NO2. The molecule has 0 aliphatic carbocycles. The molecule has 15 heavy (non-hydrogen) atoms. The number of hydrogen-bond donors (Lipinski definition) is 2. The molecule has 0 spiro atoms. The molecule has 0 aliphatic heterocycles. The highest BCUT2D eigenvalue weighted by molar-refractivity contribution is 5.28. The Morgan fingerprint density at radius 1 is 1.47 bits per heavy atom. The van der Waals surface area contributed by atoms with E-state index in [1.807, 2.05) is 31.2 Å². The average Bonchev–Trinajstić information content (AvgIpc) is 2.27. The van der Waals surface area contributed by atoms with Gasteiger partial charge in [-0.25, -0.2) is 0 Å². The fraction of sp³-hybridized carbons (Fsp3) is 0.500. The third kappa shape index (κ3) is 4.32. The van der Waals surface area contributed by atoms with Crippen molar-refractivity contribution in [2.45, 2.75) is 25.9 Å². The standard InChI is InChI=1S/C12H19NO2/c1-2-15-12-5-3-4-10(8-12)6-7-11(14)9-13/h3-5,8,11,14H,2,6-7,9,13H2,1H3.